The van der Waals surface area contributed by atoms with E-state index in [1.165, 1.54) is 14.0 Å². The minimum Gasteiger partial charge on any atom is -0.481 e. The van der Waals surface area contributed by atoms with Crippen LogP contribution in [0, 0.1) is 5.92 Å². The maximum absolute atomic E-state index is 12.3. The number of carbonyl (C=O) groups is 2. The van der Waals surface area contributed by atoms with Gasteiger partial charge in [0.15, 0.2) is 0 Å². The highest BCUT2D eigenvalue weighted by Gasteiger charge is 2.32. The number of ether oxygens (including phenoxy) is 2. The molecule has 1 aliphatic carbocycles. The predicted molar refractivity (Wildman–Crippen MR) is 80.1 cm³/mol. The van der Waals surface area contributed by atoms with Crippen LogP contribution in [0.2, 0.25) is 0 Å². The standard InChI is InChI=1S/C16H22N2O4/c1-11(19)18-14(12-6-3-4-7-12)16(20)22-10-13-8-5-9-17-15(13)21-2/h5,8-9,12,14H,3-4,6-7,10H2,1-2H3,(H,18,19)/t14-/m1/s1. The molecule has 1 aromatic rings. The summed E-state index contributed by atoms with van der Waals surface area (Å²) in [5, 5.41) is 2.73. The van der Waals surface area contributed by atoms with Gasteiger partial charge in [-0.2, -0.15) is 0 Å². The molecule has 1 aromatic heterocycles. The highest BCUT2D eigenvalue weighted by molar-refractivity contribution is 5.83. The van der Waals surface area contributed by atoms with Crippen LogP contribution in [0.5, 0.6) is 5.88 Å². The summed E-state index contributed by atoms with van der Waals surface area (Å²) in [6, 6.07) is 2.98. The molecule has 0 aliphatic heterocycles. The van der Waals surface area contributed by atoms with Crippen molar-refractivity contribution in [3.05, 3.63) is 23.9 Å². The number of hydrogen-bond donors (Lipinski definition) is 1. The summed E-state index contributed by atoms with van der Waals surface area (Å²) in [6.45, 7) is 1.50. The summed E-state index contributed by atoms with van der Waals surface area (Å²) < 4.78 is 10.5. The molecule has 0 spiro atoms. The highest BCUT2D eigenvalue weighted by Crippen LogP contribution is 2.28. The van der Waals surface area contributed by atoms with E-state index in [0.717, 1.165) is 25.7 Å². The van der Waals surface area contributed by atoms with Crippen LogP contribution in [0.15, 0.2) is 18.3 Å². The zero-order valence-corrected chi connectivity index (χ0v) is 13.0. The monoisotopic (exact) mass is 306 g/mol. The van der Waals surface area contributed by atoms with E-state index in [2.05, 4.69) is 10.3 Å². The second-order valence-corrected chi connectivity index (χ2v) is 5.50. The number of hydrogen-bond acceptors (Lipinski definition) is 5. The molecule has 1 saturated carbocycles. The lowest BCUT2D eigenvalue weighted by Gasteiger charge is -2.22. The Balaban J connectivity index is 1.99. The van der Waals surface area contributed by atoms with Gasteiger partial charge in [-0.05, 0) is 30.9 Å². The number of carbonyl (C=O) groups excluding carboxylic acids is 2. The van der Waals surface area contributed by atoms with Crippen LogP contribution >= 0.6 is 0 Å². The molecule has 6 heteroatoms. The molecule has 0 radical (unpaired) electrons. The Kier molecular flexibility index (Phi) is 5.75. The van der Waals surface area contributed by atoms with Gasteiger partial charge in [-0.1, -0.05) is 12.8 Å². The molecular weight excluding hydrogens is 284 g/mol. The molecule has 1 heterocycles. The van der Waals surface area contributed by atoms with Crippen LogP contribution in [0.1, 0.15) is 38.2 Å². The van der Waals surface area contributed by atoms with Crippen molar-refractivity contribution < 1.29 is 19.1 Å². The number of methoxy groups -OCH3 is 1. The van der Waals surface area contributed by atoms with Crippen molar-refractivity contribution in [1.29, 1.82) is 0 Å². The average molecular weight is 306 g/mol. The molecule has 0 bridgehead atoms. The molecule has 0 saturated heterocycles. The third-order valence-corrected chi connectivity index (χ3v) is 3.90. The Morgan fingerprint density at radius 3 is 2.77 bits per heavy atom. The van der Waals surface area contributed by atoms with Gasteiger partial charge in [0.1, 0.15) is 12.6 Å². The van der Waals surface area contributed by atoms with Gasteiger partial charge in [0, 0.05) is 13.1 Å². The van der Waals surface area contributed by atoms with Crippen LogP contribution in [0.25, 0.3) is 0 Å². The van der Waals surface area contributed by atoms with E-state index in [1.54, 1.807) is 18.3 Å². The Morgan fingerprint density at radius 1 is 1.41 bits per heavy atom. The number of aromatic nitrogens is 1. The summed E-state index contributed by atoms with van der Waals surface area (Å²) in [6.07, 6.45) is 5.67. The van der Waals surface area contributed by atoms with E-state index in [1.807, 2.05) is 0 Å². The molecule has 1 fully saturated rings. The van der Waals surface area contributed by atoms with Crippen LogP contribution in [-0.4, -0.2) is 30.0 Å². The fourth-order valence-electron chi connectivity index (χ4n) is 2.84. The molecule has 120 valence electrons. The lowest BCUT2D eigenvalue weighted by atomic mass is 9.98. The van der Waals surface area contributed by atoms with Crippen molar-refractivity contribution in [2.45, 2.75) is 45.3 Å². The van der Waals surface area contributed by atoms with Crippen molar-refractivity contribution in [3.8, 4) is 5.88 Å². The zero-order chi connectivity index (χ0) is 15.9. The molecular formula is C16H22N2O4. The van der Waals surface area contributed by atoms with Crippen LogP contribution in [-0.2, 0) is 20.9 Å². The van der Waals surface area contributed by atoms with E-state index in [4.69, 9.17) is 9.47 Å². The lowest BCUT2D eigenvalue weighted by Crippen LogP contribution is -2.45. The van der Waals surface area contributed by atoms with Gasteiger partial charge in [0.25, 0.3) is 0 Å². The molecule has 1 amide bonds. The van der Waals surface area contributed by atoms with Crippen molar-refractivity contribution in [3.63, 3.8) is 0 Å². The average Bonchev–Trinajstić information content (AvgIpc) is 3.04. The number of esters is 1. The minimum absolute atomic E-state index is 0.0820. The summed E-state index contributed by atoms with van der Waals surface area (Å²) in [4.78, 5) is 27.7. The largest absolute Gasteiger partial charge is 0.481 e. The smallest absolute Gasteiger partial charge is 0.329 e. The van der Waals surface area contributed by atoms with Crippen molar-refractivity contribution in [1.82, 2.24) is 10.3 Å². The van der Waals surface area contributed by atoms with Gasteiger partial charge in [0.2, 0.25) is 11.8 Å². The summed E-state index contributed by atoms with van der Waals surface area (Å²) >= 11 is 0. The van der Waals surface area contributed by atoms with Gasteiger partial charge in [-0.15, -0.1) is 0 Å². The number of pyridine rings is 1. The van der Waals surface area contributed by atoms with E-state index >= 15 is 0 Å². The first kappa shape index (κ1) is 16.3. The Morgan fingerprint density at radius 2 is 2.14 bits per heavy atom. The molecule has 0 unspecified atom stereocenters. The van der Waals surface area contributed by atoms with Gasteiger partial charge < -0.3 is 14.8 Å². The van der Waals surface area contributed by atoms with Crippen LogP contribution in [0.4, 0.5) is 0 Å². The fourth-order valence-corrected chi connectivity index (χ4v) is 2.84. The molecule has 1 atom stereocenters. The van der Waals surface area contributed by atoms with Crippen molar-refractivity contribution >= 4 is 11.9 Å². The third kappa shape index (κ3) is 4.19. The maximum atomic E-state index is 12.3. The number of amides is 1. The highest BCUT2D eigenvalue weighted by atomic mass is 16.5. The predicted octanol–water partition coefficient (Wildman–Crippen LogP) is 1.83. The molecule has 6 nitrogen and oxygen atoms in total. The SMILES string of the molecule is COc1ncccc1COC(=O)[C@H](NC(C)=O)C1CCCC1. The molecule has 1 N–H and O–H groups in total. The third-order valence-electron chi connectivity index (χ3n) is 3.90. The molecule has 0 aromatic carbocycles. The molecule has 1 aliphatic rings. The summed E-state index contributed by atoms with van der Waals surface area (Å²) in [7, 11) is 1.52. The first-order valence-corrected chi connectivity index (χ1v) is 7.53. The lowest BCUT2D eigenvalue weighted by molar-refractivity contribution is -0.150. The fraction of sp³-hybridized carbons (Fsp3) is 0.562. The Hall–Kier alpha value is -2.11. The van der Waals surface area contributed by atoms with Gasteiger partial charge in [-0.25, -0.2) is 9.78 Å². The quantitative estimate of drug-likeness (QED) is 0.811. The van der Waals surface area contributed by atoms with E-state index in [-0.39, 0.29) is 18.4 Å². The van der Waals surface area contributed by atoms with Crippen molar-refractivity contribution in [2.75, 3.05) is 7.11 Å². The second kappa shape index (κ2) is 7.77. The maximum Gasteiger partial charge on any atom is 0.329 e. The van der Waals surface area contributed by atoms with Crippen LogP contribution < -0.4 is 10.1 Å². The summed E-state index contributed by atoms with van der Waals surface area (Å²) in [5.74, 6) is -0.0137. The number of nitrogens with one attached hydrogen (secondary N) is 1. The number of rotatable bonds is 6. The second-order valence-electron chi connectivity index (χ2n) is 5.50. The number of nitrogens with zero attached hydrogens (tertiary/aromatic N) is 1. The summed E-state index contributed by atoms with van der Waals surface area (Å²) in [5.41, 5.74) is 0.700. The van der Waals surface area contributed by atoms with Gasteiger partial charge in [-0.3, -0.25) is 4.79 Å². The minimum atomic E-state index is -0.567. The van der Waals surface area contributed by atoms with E-state index in [0.29, 0.717) is 11.4 Å². The zero-order valence-electron chi connectivity index (χ0n) is 13.0. The first-order chi connectivity index (χ1) is 10.6. The van der Waals surface area contributed by atoms with Crippen LogP contribution in [0.3, 0.4) is 0 Å². The molecule has 22 heavy (non-hydrogen) atoms. The van der Waals surface area contributed by atoms with Gasteiger partial charge in [0.05, 0.1) is 12.7 Å². The van der Waals surface area contributed by atoms with Gasteiger partial charge >= 0.3 is 5.97 Å². The van der Waals surface area contributed by atoms with Crippen molar-refractivity contribution in [2.24, 2.45) is 5.92 Å². The molecule has 2 rings (SSSR count). The first-order valence-electron chi connectivity index (χ1n) is 7.53. The Bertz CT molecular complexity index is 527. The van der Waals surface area contributed by atoms with E-state index in [9.17, 15) is 9.59 Å². The van der Waals surface area contributed by atoms with E-state index < -0.39 is 12.0 Å². The topological polar surface area (TPSA) is 77.5 Å². The Labute approximate surface area is 130 Å². The normalized spacial score (nSPS) is 16.1.